The molecule has 0 unspecified atom stereocenters. The molecule has 0 radical (unpaired) electrons. The van der Waals surface area contributed by atoms with Gasteiger partial charge >= 0.3 is 6.09 Å². The normalized spacial score (nSPS) is 14.1. The SMILES string of the molecule is CCOC(=O)N1CCN(C(=S)Nc2cc(OC)ccc2OC)CC1. The fourth-order valence-corrected chi connectivity index (χ4v) is 2.71. The minimum absolute atomic E-state index is 0.273. The number of rotatable bonds is 4. The van der Waals surface area contributed by atoms with Gasteiger partial charge in [-0.1, -0.05) is 0 Å². The summed E-state index contributed by atoms with van der Waals surface area (Å²) in [5.74, 6) is 1.40. The first-order valence-corrected chi connectivity index (χ1v) is 8.19. The number of nitrogens with zero attached hydrogens (tertiary/aromatic N) is 2. The van der Waals surface area contributed by atoms with Crippen molar-refractivity contribution in [1.82, 2.24) is 9.80 Å². The molecular formula is C16H23N3O4S. The molecule has 1 N–H and O–H groups in total. The van der Waals surface area contributed by atoms with E-state index in [4.69, 9.17) is 26.4 Å². The lowest BCUT2D eigenvalue weighted by atomic mass is 10.2. The number of nitrogens with one attached hydrogen (secondary N) is 1. The van der Waals surface area contributed by atoms with Crippen molar-refractivity contribution >= 4 is 29.1 Å². The van der Waals surface area contributed by atoms with Gasteiger partial charge in [-0.2, -0.15) is 0 Å². The van der Waals surface area contributed by atoms with Crippen molar-refractivity contribution in [2.24, 2.45) is 0 Å². The molecule has 1 amide bonds. The van der Waals surface area contributed by atoms with Gasteiger partial charge in [0.2, 0.25) is 0 Å². The van der Waals surface area contributed by atoms with Gasteiger partial charge in [-0.05, 0) is 31.3 Å². The first-order valence-electron chi connectivity index (χ1n) is 7.78. The highest BCUT2D eigenvalue weighted by molar-refractivity contribution is 7.80. The molecule has 1 aliphatic heterocycles. The second-order valence-corrected chi connectivity index (χ2v) is 5.56. The fraction of sp³-hybridized carbons (Fsp3) is 0.500. The van der Waals surface area contributed by atoms with Crippen molar-refractivity contribution in [2.75, 3.05) is 52.3 Å². The van der Waals surface area contributed by atoms with E-state index < -0.39 is 0 Å². The van der Waals surface area contributed by atoms with Crippen LogP contribution in [0.3, 0.4) is 0 Å². The zero-order valence-electron chi connectivity index (χ0n) is 14.2. The van der Waals surface area contributed by atoms with E-state index in [1.165, 1.54) is 0 Å². The molecule has 24 heavy (non-hydrogen) atoms. The Morgan fingerprint density at radius 3 is 2.42 bits per heavy atom. The molecule has 132 valence electrons. The second kappa shape index (κ2) is 8.58. The van der Waals surface area contributed by atoms with Crippen LogP contribution in [0.2, 0.25) is 0 Å². The second-order valence-electron chi connectivity index (χ2n) is 5.17. The Balaban J connectivity index is 1.95. The van der Waals surface area contributed by atoms with Crippen molar-refractivity contribution in [3.63, 3.8) is 0 Å². The average Bonchev–Trinajstić information content (AvgIpc) is 2.62. The number of anilines is 1. The van der Waals surface area contributed by atoms with Crippen LogP contribution in [0.5, 0.6) is 11.5 Å². The average molecular weight is 353 g/mol. The van der Waals surface area contributed by atoms with Gasteiger partial charge in [0, 0.05) is 32.2 Å². The van der Waals surface area contributed by atoms with Crippen LogP contribution in [0.4, 0.5) is 10.5 Å². The van der Waals surface area contributed by atoms with Crippen LogP contribution in [-0.4, -0.2) is 68.0 Å². The maximum absolute atomic E-state index is 11.7. The minimum atomic E-state index is -0.273. The number of carbonyl (C=O) groups excluding carboxylic acids is 1. The number of benzene rings is 1. The van der Waals surface area contributed by atoms with E-state index in [2.05, 4.69) is 5.32 Å². The Morgan fingerprint density at radius 2 is 1.83 bits per heavy atom. The van der Waals surface area contributed by atoms with E-state index in [-0.39, 0.29) is 6.09 Å². The summed E-state index contributed by atoms with van der Waals surface area (Å²) in [5.41, 5.74) is 0.745. The molecule has 1 fully saturated rings. The first-order chi connectivity index (χ1) is 11.6. The van der Waals surface area contributed by atoms with E-state index >= 15 is 0 Å². The highest BCUT2D eigenvalue weighted by Crippen LogP contribution is 2.29. The van der Waals surface area contributed by atoms with Crippen LogP contribution < -0.4 is 14.8 Å². The molecule has 0 saturated carbocycles. The Kier molecular flexibility index (Phi) is 6.48. The predicted molar refractivity (Wildman–Crippen MR) is 95.9 cm³/mol. The van der Waals surface area contributed by atoms with Crippen LogP contribution in [0.15, 0.2) is 18.2 Å². The zero-order valence-corrected chi connectivity index (χ0v) is 15.0. The topological polar surface area (TPSA) is 63.3 Å². The lowest BCUT2D eigenvalue weighted by Gasteiger charge is -2.35. The molecule has 0 aliphatic carbocycles. The maximum Gasteiger partial charge on any atom is 0.409 e. The summed E-state index contributed by atoms with van der Waals surface area (Å²) in [4.78, 5) is 15.4. The molecular weight excluding hydrogens is 330 g/mol. The van der Waals surface area contributed by atoms with Crippen molar-refractivity contribution < 1.29 is 19.0 Å². The third-order valence-corrected chi connectivity index (χ3v) is 4.10. The number of ether oxygens (including phenoxy) is 3. The summed E-state index contributed by atoms with van der Waals surface area (Å²) < 4.78 is 15.6. The van der Waals surface area contributed by atoms with Gasteiger partial charge in [0.15, 0.2) is 5.11 Å². The number of hydrogen-bond acceptors (Lipinski definition) is 5. The number of thiocarbonyl (C=S) groups is 1. The lowest BCUT2D eigenvalue weighted by molar-refractivity contribution is 0.0923. The molecule has 7 nitrogen and oxygen atoms in total. The van der Waals surface area contributed by atoms with Gasteiger partial charge in [-0.3, -0.25) is 0 Å². The molecule has 1 aliphatic rings. The van der Waals surface area contributed by atoms with Gasteiger partial charge in [0.25, 0.3) is 0 Å². The molecule has 0 bridgehead atoms. The standard InChI is InChI=1S/C16H23N3O4S/c1-4-23-16(20)19-9-7-18(8-10-19)15(24)17-13-11-12(21-2)5-6-14(13)22-3/h5-6,11H,4,7-10H2,1-3H3,(H,17,24). The van der Waals surface area contributed by atoms with Crippen molar-refractivity contribution in [3.8, 4) is 11.5 Å². The number of hydrogen-bond donors (Lipinski definition) is 1. The van der Waals surface area contributed by atoms with Gasteiger partial charge in [-0.15, -0.1) is 0 Å². The van der Waals surface area contributed by atoms with Crippen molar-refractivity contribution in [3.05, 3.63) is 18.2 Å². The zero-order chi connectivity index (χ0) is 17.5. The highest BCUT2D eigenvalue weighted by atomic mass is 32.1. The molecule has 0 aromatic heterocycles. The number of methoxy groups -OCH3 is 2. The molecule has 1 saturated heterocycles. The predicted octanol–water partition coefficient (Wildman–Crippen LogP) is 2.17. The minimum Gasteiger partial charge on any atom is -0.497 e. The van der Waals surface area contributed by atoms with Gasteiger partial charge in [-0.25, -0.2) is 4.79 Å². The summed E-state index contributed by atoms with van der Waals surface area (Å²) in [7, 11) is 3.21. The van der Waals surface area contributed by atoms with Gasteiger partial charge in [0.05, 0.1) is 26.5 Å². The van der Waals surface area contributed by atoms with Crippen LogP contribution >= 0.6 is 12.2 Å². The number of piperazine rings is 1. The Hall–Kier alpha value is -2.22. The summed E-state index contributed by atoms with van der Waals surface area (Å²) in [6.07, 6.45) is -0.273. The van der Waals surface area contributed by atoms with E-state index in [1.807, 2.05) is 23.1 Å². The summed E-state index contributed by atoms with van der Waals surface area (Å²) in [6, 6.07) is 5.48. The van der Waals surface area contributed by atoms with Crippen molar-refractivity contribution in [1.29, 1.82) is 0 Å². The third-order valence-electron chi connectivity index (χ3n) is 3.74. The van der Waals surface area contributed by atoms with Crippen molar-refractivity contribution in [2.45, 2.75) is 6.92 Å². The highest BCUT2D eigenvalue weighted by Gasteiger charge is 2.23. The quantitative estimate of drug-likeness (QED) is 0.832. The van der Waals surface area contributed by atoms with Crippen LogP contribution in [-0.2, 0) is 4.74 Å². The Labute approximate surface area is 147 Å². The fourth-order valence-electron chi connectivity index (χ4n) is 2.41. The van der Waals surface area contributed by atoms with E-state index in [0.717, 1.165) is 5.69 Å². The molecule has 0 spiro atoms. The summed E-state index contributed by atoms with van der Waals surface area (Å²) in [5, 5.41) is 3.78. The van der Waals surface area contributed by atoms with Gasteiger partial charge in [0.1, 0.15) is 11.5 Å². The molecule has 0 atom stereocenters. The largest absolute Gasteiger partial charge is 0.497 e. The maximum atomic E-state index is 11.7. The van der Waals surface area contributed by atoms with Crippen LogP contribution in [0.1, 0.15) is 6.92 Å². The van der Waals surface area contributed by atoms with E-state index in [9.17, 15) is 4.79 Å². The van der Waals surface area contributed by atoms with E-state index in [1.54, 1.807) is 26.0 Å². The molecule has 8 heteroatoms. The molecule has 1 aromatic rings. The smallest absolute Gasteiger partial charge is 0.409 e. The first kappa shape index (κ1) is 18.1. The Morgan fingerprint density at radius 1 is 1.17 bits per heavy atom. The summed E-state index contributed by atoms with van der Waals surface area (Å²) in [6.45, 7) is 4.64. The Bertz CT molecular complexity index is 589. The summed E-state index contributed by atoms with van der Waals surface area (Å²) >= 11 is 5.48. The monoisotopic (exact) mass is 353 g/mol. The van der Waals surface area contributed by atoms with Crippen LogP contribution in [0.25, 0.3) is 0 Å². The molecule has 2 rings (SSSR count). The molecule has 1 aromatic carbocycles. The number of carbonyl (C=O) groups is 1. The molecule has 1 heterocycles. The third kappa shape index (κ3) is 4.41. The lowest BCUT2D eigenvalue weighted by Crippen LogP contribution is -2.51. The van der Waals surface area contributed by atoms with Crippen LogP contribution in [0, 0.1) is 0 Å². The van der Waals surface area contributed by atoms with Gasteiger partial charge < -0.3 is 29.3 Å². The number of amides is 1. The van der Waals surface area contributed by atoms with E-state index in [0.29, 0.717) is 49.4 Å².